The molecule has 0 saturated heterocycles. The molecule has 0 spiro atoms. The van der Waals surface area contributed by atoms with Crippen LogP contribution in [0.5, 0.6) is 0 Å². The SMILES string of the molecule is CCCCC(CCC)NC(=O)C(F)(F)C(F)(F)F. The van der Waals surface area contributed by atoms with E-state index >= 15 is 0 Å². The van der Waals surface area contributed by atoms with Crippen LogP contribution in [0.1, 0.15) is 46.0 Å². The molecule has 0 aromatic rings. The van der Waals surface area contributed by atoms with E-state index in [1.54, 1.807) is 12.2 Å². The fourth-order valence-corrected chi connectivity index (χ4v) is 1.49. The van der Waals surface area contributed by atoms with Crippen LogP contribution in [0.2, 0.25) is 0 Å². The van der Waals surface area contributed by atoms with E-state index in [4.69, 9.17) is 0 Å². The van der Waals surface area contributed by atoms with E-state index in [1.807, 2.05) is 6.92 Å². The zero-order valence-corrected chi connectivity index (χ0v) is 10.4. The Morgan fingerprint density at radius 2 is 1.61 bits per heavy atom. The van der Waals surface area contributed by atoms with Crippen molar-refractivity contribution >= 4 is 5.91 Å². The second-order valence-electron chi connectivity index (χ2n) is 4.17. The van der Waals surface area contributed by atoms with Crippen molar-refractivity contribution in [3.63, 3.8) is 0 Å². The lowest BCUT2D eigenvalue weighted by Gasteiger charge is -2.23. The Morgan fingerprint density at radius 3 is 2.00 bits per heavy atom. The smallest absolute Gasteiger partial charge is 0.348 e. The van der Waals surface area contributed by atoms with Crippen LogP contribution in [0.25, 0.3) is 0 Å². The van der Waals surface area contributed by atoms with Crippen LogP contribution in [0.3, 0.4) is 0 Å². The van der Waals surface area contributed by atoms with Gasteiger partial charge in [-0.2, -0.15) is 22.0 Å². The molecule has 0 fully saturated rings. The molecule has 0 aliphatic rings. The summed E-state index contributed by atoms with van der Waals surface area (Å²) in [6.07, 6.45) is -3.00. The summed E-state index contributed by atoms with van der Waals surface area (Å²) < 4.78 is 61.3. The monoisotopic (exact) mass is 275 g/mol. The average molecular weight is 275 g/mol. The minimum Gasteiger partial charge on any atom is -0.348 e. The molecule has 0 bridgehead atoms. The number of carbonyl (C=O) groups excluding carboxylic acids is 1. The van der Waals surface area contributed by atoms with Gasteiger partial charge in [-0.3, -0.25) is 4.79 Å². The molecule has 7 heteroatoms. The zero-order chi connectivity index (χ0) is 14.4. The number of hydrogen-bond acceptors (Lipinski definition) is 1. The highest BCUT2D eigenvalue weighted by atomic mass is 19.4. The van der Waals surface area contributed by atoms with Crippen LogP contribution in [-0.2, 0) is 4.79 Å². The normalized spacial score (nSPS) is 14.4. The third kappa shape index (κ3) is 4.78. The maximum absolute atomic E-state index is 12.7. The van der Waals surface area contributed by atoms with Crippen LogP contribution in [0, 0.1) is 0 Å². The van der Waals surface area contributed by atoms with Gasteiger partial charge in [-0.25, -0.2) is 0 Å². The molecule has 0 rings (SSSR count). The first-order valence-electron chi connectivity index (χ1n) is 5.92. The molecule has 1 unspecified atom stereocenters. The van der Waals surface area contributed by atoms with Gasteiger partial charge < -0.3 is 5.32 Å². The molecule has 0 saturated carbocycles. The predicted molar refractivity (Wildman–Crippen MR) is 57.4 cm³/mol. The van der Waals surface area contributed by atoms with Crippen molar-refractivity contribution in [1.82, 2.24) is 5.32 Å². The van der Waals surface area contributed by atoms with Gasteiger partial charge in [-0.15, -0.1) is 0 Å². The maximum Gasteiger partial charge on any atom is 0.463 e. The molecule has 1 amide bonds. The standard InChI is InChI=1S/C11H18F5NO/c1-3-5-7-8(6-4-2)17-9(18)10(12,13)11(14,15)16/h8H,3-7H2,1-2H3,(H,17,18). The quantitative estimate of drug-likeness (QED) is 0.706. The lowest BCUT2D eigenvalue weighted by Crippen LogP contribution is -2.53. The Labute approximate surface area is 103 Å². The van der Waals surface area contributed by atoms with Crippen LogP contribution in [-0.4, -0.2) is 24.0 Å². The highest BCUT2D eigenvalue weighted by Gasteiger charge is 2.63. The number of halogens is 5. The van der Waals surface area contributed by atoms with Gasteiger partial charge >= 0.3 is 18.0 Å². The molecule has 0 aromatic heterocycles. The Kier molecular flexibility index (Phi) is 6.56. The van der Waals surface area contributed by atoms with Crippen molar-refractivity contribution in [3.05, 3.63) is 0 Å². The first-order chi connectivity index (χ1) is 8.16. The van der Waals surface area contributed by atoms with Crippen molar-refractivity contribution in [3.8, 4) is 0 Å². The molecule has 0 radical (unpaired) electrons. The number of amides is 1. The van der Waals surface area contributed by atoms with Gasteiger partial charge in [0.25, 0.3) is 0 Å². The molecular weight excluding hydrogens is 257 g/mol. The number of alkyl halides is 5. The van der Waals surface area contributed by atoms with Gasteiger partial charge in [0, 0.05) is 6.04 Å². The third-order valence-corrected chi connectivity index (χ3v) is 2.52. The van der Waals surface area contributed by atoms with Crippen LogP contribution in [0.4, 0.5) is 22.0 Å². The molecule has 0 aliphatic carbocycles. The van der Waals surface area contributed by atoms with Crippen LogP contribution in [0.15, 0.2) is 0 Å². The van der Waals surface area contributed by atoms with Gasteiger partial charge in [0.2, 0.25) is 0 Å². The van der Waals surface area contributed by atoms with E-state index in [1.165, 1.54) is 0 Å². The van der Waals surface area contributed by atoms with Crippen molar-refractivity contribution < 1.29 is 26.7 Å². The van der Waals surface area contributed by atoms with Gasteiger partial charge in [-0.1, -0.05) is 33.1 Å². The van der Waals surface area contributed by atoms with Crippen LogP contribution < -0.4 is 5.32 Å². The molecule has 108 valence electrons. The largest absolute Gasteiger partial charge is 0.463 e. The molecular formula is C11H18F5NO. The number of nitrogens with one attached hydrogen (secondary N) is 1. The van der Waals surface area contributed by atoms with Crippen molar-refractivity contribution in [2.75, 3.05) is 0 Å². The lowest BCUT2D eigenvalue weighted by molar-refractivity contribution is -0.270. The second-order valence-corrected chi connectivity index (χ2v) is 4.17. The number of unbranched alkanes of at least 4 members (excludes halogenated alkanes) is 1. The summed E-state index contributed by atoms with van der Waals surface area (Å²) in [5.41, 5.74) is 0. The Hall–Kier alpha value is -0.880. The van der Waals surface area contributed by atoms with Crippen LogP contribution >= 0.6 is 0 Å². The summed E-state index contributed by atoms with van der Waals surface area (Å²) in [6.45, 7) is 3.64. The van der Waals surface area contributed by atoms with Gasteiger partial charge in [0.15, 0.2) is 0 Å². The fraction of sp³-hybridized carbons (Fsp3) is 0.909. The summed E-state index contributed by atoms with van der Waals surface area (Å²) in [4.78, 5) is 11.0. The summed E-state index contributed by atoms with van der Waals surface area (Å²) in [5.74, 6) is -7.59. The summed E-state index contributed by atoms with van der Waals surface area (Å²) in [6, 6.07) is -0.629. The zero-order valence-electron chi connectivity index (χ0n) is 10.4. The van der Waals surface area contributed by atoms with E-state index in [2.05, 4.69) is 0 Å². The summed E-state index contributed by atoms with van der Waals surface area (Å²) >= 11 is 0. The molecule has 0 aliphatic heterocycles. The minimum atomic E-state index is -5.85. The average Bonchev–Trinajstić information content (AvgIpc) is 2.24. The molecule has 2 nitrogen and oxygen atoms in total. The predicted octanol–water partition coefficient (Wildman–Crippen LogP) is 3.66. The van der Waals surface area contributed by atoms with Crippen molar-refractivity contribution in [1.29, 1.82) is 0 Å². The highest BCUT2D eigenvalue weighted by molar-refractivity contribution is 5.84. The van der Waals surface area contributed by atoms with E-state index in [9.17, 15) is 26.7 Å². The van der Waals surface area contributed by atoms with E-state index in [-0.39, 0.29) is 0 Å². The first kappa shape index (κ1) is 17.1. The molecule has 18 heavy (non-hydrogen) atoms. The van der Waals surface area contributed by atoms with Gasteiger partial charge in [0.1, 0.15) is 0 Å². The van der Waals surface area contributed by atoms with E-state index in [0.29, 0.717) is 25.7 Å². The molecule has 0 heterocycles. The van der Waals surface area contributed by atoms with Crippen molar-refractivity contribution in [2.45, 2.75) is 64.1 Å². The summed E-state index contributed by atoms with van der Waals surface area (Å²) in [7, 11) is 0. The van der Waals surface area contributed by atoms with Crippen molar-refractivity contribution in [2.24, 2.45) is 0 Å². The molecule has 0 aromatic carbocycles. The highest BCUT2D eigenvalue weighted by Crippen LogP contribution is 2.35. The fourth-order valence-electron chi connectivity index (χ4n) is 1.49. The molecule has 1 atom stereocenters. The molecule has 1 N–H and O–H groups in total. The van der Waals surface area contributed by atoms with E-state index < -0.39 is 24.0 Å². The van der Waals surface area contributed by atoms with Gasteiger partial charge in [0.05, 0.1) is 0 Å². The minimum absolute atomic E-state index is 0.389. The number of rotatable bonds is 7. The first-order valence-corrected chi connectivity index (χ1v) is 5.92. The Balaban J connectivity index is 4.58. The third-order valence-electron chi connectivity index (χ3n) is 2.52. The van der Waals surface area contributed by atoms with Gasteiger partial charge in [-0.05, 0) is 12.8 Å². The maximum atomic E-state index is 12.7. The topological polar surface area (TPSA) is 29.1 Å². The Bertz CT molecular complexity index is 265. The lowest BCUT2D eigenvalue weighted by atomic mass is 10.0. The number of hydrogen-bond donors (Lipinski definition) is 1. The van der Waals surface area contributed by atoms with E-state index in [0.717, 1.165) is 6.42 Å². The summed E-state index contributed by atoms with van der Waals surface area (Å²) in [5, 5.41) is 1.79. The Morgan fingerprint density at radius 1 is 1.06 bits per heavy atom. The second kappa shape index (κ2) is 6.89. The number of carbonyl (C=O) groups is 1.